The molecule has 4 heterocycles. The van der Waals surface area contributed by atoms with Gasteiger partial charge in [-0.25, -0.2) is 4.98 Å². The van der Waals surface area contributed by atoms with Crippen molar-refractivity contribution in [3.8, 4) is 0 Å². The minimum absolute atomic E-state index is 0.502. The van der Waals surface area contributed by atoms with E-state index in [1.54, 1.807) is 0 Å². The predicted octanol–water partition coefficient (Wildman–Crippen LogP) is 4.47. The van der Waals surface area contributed by atoms with Crippen molar-refractivity contribution < 1.29 is 0 Å². The Morgan fingerprint density at radius 2 is 1.74 bits per heavy atom. The van der Waals surface area contributed by atoms with Crippen LogP contribution in [-0.4, -0.2) is 70.5 Å². The second kappa shape index (κ2) is 11.0. The SMILES string of the molecule is CC(C)c1csc(CN(Cc2ccncc2)CC2CCN(C3CCN(C)CC3)CC2)n1. The maximum atomic E-state index is 4.92. The predicted molar refractivity (Wildman–Crippen MR) is 129 cm³/mol. The van der Waals surface area contributed by atoms with Gasteiger partial charge in [0.1, 0.15) is 5.01 Å². The Balaban J connectivity index is 1.34. The van der Waals surface area contributed by atoms with Crippen LogP contribution < -0.4 is 0 Å². The summed E-state index contributed by atoms with van der Waals surface area (Å²) in [6.45, 7) is 12.6. The Kier molecular flexibility index (Phi) is 8.10. The van der Waals surface area contributed by atoms with Crippen LogP contribution in [0.3, 0.4) is 0 Å². The van der Waals surface area contributed by atoms with Gasteiger partial charge in [0.05, 0.1) is 12.2 Å². The van der Waals surface area contributed by atoms with Gasteiger partial charge < -0.3 is 9.80 Å². The molecule has 2 fully saturated rings. The van der Waals surface area contributed by atoms with E-state index in [1.165, 1.54) is 74.7 Å². The van der Waals surface area contributed by atoms with E-state index in [2.05, 4.69) is 58.1 Å². The topological polar surface area (TPSA) is 35.5 Å². The fourth-order valence-corrected chi connectivity index (χ4v) is 6.01. The van der Waals surface area contributed by atoms with E-state index < -0.39 is 0 Å². The fourth-order valence-electron chi connectivity index (χ4n) is 5.01. The van der Waals surface area contributed by atoms with Gasteiger partial charge in [0.2, 0.25) is 0 Å². The van der Waals surface area contributed by atoms with Crippen LogP contribution >= 0.6 is 11.3 Å². The Morgan fingerprint density at radius 1 is 1.03 bits per heavy atom. The van der Waals surface area contributed by atoms with Gasteiger partial charge in [-0.1, -0.05) is 13.8 Å². The molecule has 2 aromatic rings. The molecule has 170 valence electrons. The molecule has 0 atom stereocenters. The summed E-state index contributed by atoms with van der Waals surface area (Å²) in [6.07, 6.45) is 9.17. The van der Waals surface area contributed by atoms with E-state index in [9.17, 15) is 0 Å². The third-order valence-corrected chi connectivity index (χ3v) is 7.90. The number of hydrogen-bond acceptors (Lipinski definition) is 6. The Labute approximate surface area is 192 Å². The van der Waals surface area contributed by atoms with E-state index in [0.717, 1.165) is 25.0 Å². The van der Waals surface area contributed by atoms with Crippen molar-refractivity contribution in [1.29, 1.82) is 0 Å². The number of thiazole rings is 1. The molecule has 0 bridgehead atoms. The molecule has 0 radical (unpaired) electrons. The van der Waals surface area contributed by atoms with Crippen LogP contribution in [-0.2, 0) is 13.1 Å². The highest BCUT2D eigenvalue weighted by Gasteiger charge is 2.28. The van der Waals surface area contributed by atoms with Crippen molar-refractivity contribution in [3.05, 3.63) is 46.2 Å². The molecule has 4 rings (SSSR count). The van der Waals surface area contributed by atoms with Crippen molar-refractivity contribution >= 4 is 11.3 Å². The summed E-state index contributed by atoms with van der Waals surface area (Å²) in [5, 5.41) is 3.49. The third kappa shape index (κ3) is 6.58. The first kappa shape index (κ1) is 22.8. The van der Waals surface area contributed by atoms with Crippen LogP contribution in [0.25, 0.3) is 0 Å². The monoisotopic (exact) mass is 441 g/mol. The number of rotatable bonds is 8. The highest BCUT2D eigenvalue weighted by atomic mass is 32.1. The summed E-state index contributed by atoms with van der Waals surface area (Å²) >= 11 is 1.82. The first-order valence-corrected chi connectivity index (χ1v) is 12.9. The van der Waals surface area contributed by atoms with E-state index in [1.807, 2.05) is 23.7 Å². The lowest BCUT2D eigenvalue weighted by molar-refractivity contribution is 0.0728. The maximum absolute atomic E-state index is 4.92. The van der Waals surface area contributed by atoms with Crippen LogP contribution in [0.1, 0.15) is 61.7 Å². The average Bonchev–Trinajstić information content (AvgIpc) is 3.24. The lowest BCUT2D eigenvalue weighted by atomic mass is 9.93. The second-order valence-corrected chi connectivity index (χ2v) is 10.8. The molecule has 0 saturated carbocycles. The standard InChI is InChI=1S/C25H39N5S/c1-20(2)24-19-31-25(27-24)18-29(16-21-4-10-26-11-5-21)17-22-6-14-30(15-7-22)23-8-12-28(3)13-9-23/h4-5,10-11,19-20,22-23H,6-9,12-18H2,1-3H3. The fraction of sp³-hybridized carbons (Fsp3) is 0.680. The summed E-state index contributed by atoms with van der Waals surface area (Å²) in [5.74, 6) is 1.29. The van der Waals surface area contributed by atoms with Crippen molar-refractivity contribution in [1.82, 2.24) is 24.7 Å². The van der Waals surface area contributed by atoms with Crippen LogP contribution in [0.4, 0.5) is 0 Å². The molecule has 0 aliphatic carbocycles. The Morgan fingerprint density at radius 3 is 2.39 bits per heavy atom. The normalized spacial score (nSPS) is 20.2. The van der Waals surface area contributed by atoms with Gasteiger partial charge in [-0.05, 0) is 88.4 Å². The summed E-state index contributed by atoms with van der Waals surface area (Å²) in [7, 11) is 2.26. The third-order valence-electron chi connectivity index (χ3n) is 7.05. The molecule has 5 nitrogen and oxygen atoms in total. The molecule has 2 aromatic heterocycles. The minimum Gasteiger partial charge on any atom is -0.306 e. The molecule has 0 unspecified atom stereocenters. The van der Waals surface area contributed by atoms with Gasteiger partial charge >= 0.3 is 0 Å². The molecular formula is C25H39N5S. The number of likely N-dealkylation sites (tertiary alicyclic amines) is 2. The maximum Gasteiger partial charge on any atom is 0.107 e. The highest BCUT2D eigenvalue weighted by Crippen LogP contribution is 2.26. The number of nitrogens with zero attached hydrogens (tertiary/aromatic N) is 5. The molecule has 0 spiro atoms. The second-order valence-electron chi connectivity index (χ2n) is 9.86. The summed E-state index contributed by atoms with van der Waals surface area (Å²) in [4.78, 5) is 17.0. The molecule has 2 saturated heterocycles. The van der Waals surface area contributed by atoms with Gasteiger partial charge in [-0.3, -0.25) is 9.88 Å². The van der Waals surface area contributed by atoms with Gasteiger partial charge in [0.25, 0.3) is 0 Å². The lowest BCUT2D eigenvalue weighted by Gasteiger charge is -2.41. The van der Waals surface area contributed by atoms with Gasteiger partial charge in [-0.15, -0.1) is 11.3 Å². The smallest absolute Gasteiger partial charge is 0.107 e. The van der Waals surface area contributed by atoms with Crippen molar-refractivity contribution in [2.24, 2.45) is 5.92 Å². The van der Waals surface area contributed by atoms with Crippen molar-refractivity contribution in [2.75, 3.05) is 39.8 Å². The molecule has 31 heavy (non-hydrogen) atoms. The number of pyridine rings is 1. The van der Waals surface area contributed by atoms with Crippen LogP contribution in [0, 0.1) is 5.92 Å². The Bertz CT molecular complexity index is 776. The molecular weight excluding hydrogens is 402 g/mol. The first-order valence-electron chi connectivity index (χ1n) is 12.0. The zero-order chi connectivity index (χ0) is 21.6. The van der Waals surface area contributed by atoms with Crippen LogP contribution in [0.15, 0.2) is 29.9 Å². The van der Waals surface area contributed by atoms with Gasteiger partial charge in [0, 0.05) is 36.9 Å². The van der Waals surface area contributed by atoms with Crippen molar-refractivity contribution in [3.63, 3.8) is 0 Å². The van der Waals surface area contributed by atoms with E-state index in [4.69, 9.17) is 4.98 Å². The zero-order valence-electron chi connectivity index (χ0n) is 19.5. The van der Waals surface area contributed by atoms with E-state index in [-0.39, 0.29) is 0 Å². The van der Waals surface area contributed by atoms with E-state index >= 15 is 0 Å². The lowest BCUT2D eigenvalue weighted by Crippen LogP contribution is -2.47. The number of piperidine rings is 2. The molecule has 2 aliphatic rings. The molecule has 2 aliphatic heterocycles. The minimum atomic E-state index is 0.502. The molecule has 0 amide bonds. The highest BCUT2D eigenvalue weighted by molar-refractivity contribution is 7.09. The van der Waals surface area contributed by atoms with Gasteiger partial charge in [0.15, 0.2) is 0 Å². The molecule has 0 N–H and O–H groups in total. The Hall–Kier alpha value is -1.34. The van der Waals surface area contributed by atoms with Crippen LogP contribution in [0.2, 0.25) is 0 Å². The summed E-state index contributed by atoms with van der Waals surface area (Å²) < 4.78 is 0. The average molecular weight is 442 g/mol. The molecule has 6 heteroatoms. The number of hydrogen-bond donors (Lipinski definition) is 0. The largest absolute Gasteiger partial charge is 0.306 e. The van der Waals surface area contributed by atoms with Crippen LogP contribution in [0.5, 0.6) is 0 Å². The quantitative estimate of drug-likeness (QED) is 0.604. The zero-order valence-corrected chi connectivity index (χ0v) is 20.4. The summed E-state index contributed by atoms with van der Waals surface area (Å²) in [5.41, 5.74) is 2.58. The molecule has 0 aromatic carbocycles. The number of aromatic nitrogens is 2. The summed E-state index contributed by atoms with van der Waals surface area (Å²) in [6, 6.07) is 5.11. The first-order chi connectivity index (χ1) is 15.1. The van der Waals surface area contributed by atoms with Gasteiger partial charge in [-0.2, -0.15) is 0 Å². The van der Waals surface area contributed by atoms with E-state index in [0.29, 0.717) is 5.92 Å². The van der Waals surface area contributed by atoms with Crippen molar-refractivity contribution in [2.45, 2.75) is 64.6 Å².